The van der Waals surface area contributed by atoms with Crippen molar-refractivity contribution in [1.29, 1.82) is 0 Å². The molecule has 2 aliphatic heterocycles. The Morgan fingerprint density at radius 3 is 2.68 bits per heavy atom. The van der Waals surface area contributed by atoms with Crippen molar-refractivity contribution >= 4 is 0 Å². The number of fused-ring (bicyclic) bond motifs is 1. The first-order chi connectivity index (χ1) is 11.9. The second kappa shape index (κ2) is 8.30. The van der Waals surface area contributed by atoms with E-state index >= 15 is 0 Å². The number of allylic oxidation sites excluding steroid dienone is 7. The van der Waals surface area contributed by atoms with Gasteiger partial charge in [-0.05, 0) is 51.5 Å². The number of hydrogen-bond acceptors (Lipinski definition) is 4. The third-order valence-electron chi connectivity index (χ3n) is 4.42. The molecule has 4 nitrogen and oxygen atoms in total. The molecule has 0 amide bonds. The van der Waals surface area contributed by atoms with Gasteiger partial charge in [0.05, 0.1) is 5.54 Å². The van der Waals surface area contributed by atoms with Gasteiger partial charge in [-0.2, -0.15) is 5.53 Å². The summed E-state index contributed by atoms with van der Waals surface area (Å²) in [5, 5.41) is 5.45. The fourth-order valence-electron chi connectivity index (χ4n) is 2.81. The lowest BCUT2D eigenvalue weighted by Gasteiger charge is -2.42. The van der Waals surface area contributed by atoms with Crippen LogP contribution < -0.4 is 16.3 Å². The highest BCUT2D eigenvalue weighted by Gasteiger charge is 2.26. The Labute approximate surface area is 152 Å². The summed E-state index contributed by atoms with van der Waals surface area (Å²) in [4.78, 5) is 0. The van der Waals surface area contributed by atoms with Crippen LogP contribution >= 0.6 is 0 Å². The van der Waals surface area contributed by atoms with Crippen LogP contribution in [0.5, 0.6) is 0 Å². The predicted octanol–water partition coefficient (Wildman–Crippen LogP) is 3.65. The molecule has 0 spiro atoms. The number of rotatable bonds is 8. The smallest absolute Gasteiger partial charge is 0.128 e. The van der Waals surface area contributed by atoms with E-state index in [1.165, 1.54) is 16.7 Å². The molecule has 2 aliphatic rings. The van der Waals surface area contributed by atoms with Crippen LogP contribution in [0.2, 0.25) is 0 Å². The van der Waals surface area contributed by atoms with Crippen LogP contribution in [0, 0.1) is 0 Å². The van der Waals surface area contributed by atoms with Gasteiger partial charge < -0.3 is 5.32 Å². The summed E-state index contributed by atoms with van der Waals surface area (Å²) in [5.74, 6) is 0. The summed E-state index contributed by atoms with van der Waals surface area (Å²) in [6, 6.07) is 0. The van der Waals surface area contributed by atoms with Crippen molar-refractivity contribution in [1.82, 2.24) is 21.3 Å². The molecule has 2 unspecified atom stereocenters. The predicted molar refractivity (Wildman–Crippen MR) is 107 cm³/mol. The third-order valence-corrected chi connectivity index (χ3v) is 4.42. The monoisotopic (exact) mass is 338 g/mol. The maximum atomic E-state index is 4.20. The van der Waals surface area contributed by atoms with Crippen LogP contribution in [-0.4, -0.2) is 23.8 Å². The molecule has 0 radical (unpaired) electrons. The zero-order chi connectivity index (χ0) is 18.4. The molecule has 4 heteroatoms. The molecule has 2 rings (SSSR count). The largest absolute Gasteiger partial charge is 0.307 e. The zero-order valence-electron chi connectivity index (χ0n) is 15.8. The lowest BCUT2D eigenvalue weighted by molar-refractivity contribution is 0.0303. The minimum absolute atomic E-state index is 0.255. The van der Waals surface area contributed by atoms with Crippen LogP contribution in [0.3, 0.4) is 0 Å². The van der Waals surface area contributed by atoms with Gasteiger partial charge in [-0.15, -0.1) is 6.58 Å². The molecule has 1 saturated heterocycles. The highest BCUT2D eigenvalue weighted by atomic mass is 15.8. The fraction of sp³-hybridized carbons (Fsp3) is 0.333. The fourth-order valence-corrected chi connectivity index (χ4v) is 2.81. The Balaban J connectivity index is 2.15. The number of hydrazine groups is 2. The molecule has 1 fully saturated rings. The molecule has 0 saturated carbocycles. The van der Waals surface area contributed by atoms with E-state index < -0.39 is 0 Å². The van der Waals surface area contributed by atoms with E-state index in [-0.39, 0.29) is 11.7 Å². The van der Waals surface area contributed by atoms with E-state index in [2.05, 4.69) is 86.8 Å². The Kier molecular flexibility index (Phi) is 6.37. The SMILES string of the molecule is C=CC(/C=C(\C)C1=CN2NNC2C=C1)(CC(=C)/C=C\C=C(C)C)NC. The van der Waals surface area contributed by atoms with E-state index in [0.29, 0.717) is 0 Å². The van der Waals surface area contributed by atoms with Crippen molar-refractivity contribution in [2.24, 2.45) is 0 Å². The van der Waals surface area contributed by atoms with Crippen LogP contribution in [0.15, 0.2) is 84.2 Å². The van der Waals surface area contributed by atoms with Crippen molar-refractivity contribution in [2.75, 3.05) is 7.05 Å². The quantitative estimate of drug-likeness (QED) is 0.467. The van der Waals surface area contributed by atoms with Gasteiger partial charge >= 0.3 is 0 Å². The number of likely N-dealkylation sites (N-methyl/N-ethyl adjacent to an activating group) is 1. The van der Waals surface area contributed by atoms with Crippen molar-refractivity contribution in [3.8, 4) is 0 Å². The van der Waals surface area contributed by atoms with Gasteiger partial charge in [-0.1, -0.05) is 54.2 Å². The van der Waals surface area contributed by atoms with E-state index in [9.17, 15) is 0 Å². The molecule has 0 aromatic rings. The molecule has 25 heavy (non-hydrogen) atoms. The van der Waals surface area contributed by atoms with Crippen molar-refractivity contribution in [3.63, 3.8) is 0 Å². The van der Waals surface area contributed by atoms with Gasteiger partial charge in [0, 0.05) is 6.20 Å². The lowest BCUT2D eigenvalue weighted by atomic mass is 9.87. The summed E-state index contributed by atoms with van der Waals surface area (Å²) in [5.41, 5.74) is 10.5. The van der Waals surface area contributed by atoms with E-state index in [4.69, 9.17) is 0 Å². The molecular weight excluding hydrogens is 308 g/mol. The second-order valence-electron chi connectivity index (χ2n) is 6.81. The topological polar surface area (TPSA) is 39.3 Å². The first-order valence-corrected chi connectivity index (χ1v) is 8.60. The summed E-state index contributed by atoms with van der Waals surface area (Å²) in [7, 11) is 1.96. The molecule has 0 aliphatic carbocycles. The Morgan fingerprint density at radius 2 is 2.16 bits per heavy atom. The van der Waals surface area contributed by atoms with Crippen molar-refractivity contribution < 1.29 is 0 Å². The number of hydrogen-bond donors (Lipinski definition) is 3. The standard InChI is InChI=1S/C21H30N4/c1-7-21(22-6,13-17(4)10-8-9-16(2)3)14-18(5)19-11-12-20-23-24-25(20)15-19/h7-12,14-15,20,22-24H,1,4,13H2,2-3,5-6H3/b10-8-,18-14+. The minimum atomic E-state index is -0.331. The average Bonchev–Trinajstić information content (AvgIpc) is 2.54. The van der Waals surface area contributed by atoms with E-state index in [1.54, 1.807) is 0 Å². The van der Waals surface area contributed by atoms with Crippen LogP contribution in [0.25, 0.3) is 0 Å². The normalized spacial score (nSPS) is 21.9. The molecule has 0 bridgehead atoms. The molecule has 0 aromatic heterocycles. The number of nitrogens with zero attached hydrogens (tertiary/aromatic N) is 1. The zero-order valence-corrected chi connectivity index (χ0v) is 15.8. The maximum absolute atomic E-state index is 4.20. The first kappa shape index (κ1) is 19.2. The van der Waals surface area contributed by atoms with Gasteiger partial charge in [-0.3, -0.25) is 5.01 Å². The molecule has 2 heterocycles. The summed E-state index contributed by atoms with van der Waals surface area (Å²) >= 11 is 0. The molecule has 134 valence electrons. The van der Waals surface area contributed by atoms with E-state index in [1.807, 2.05) is 24.2 Å². The summed E-state index contributed by atoms with van der Waals surface area (Å²) in [6.45, 7) is 14.5. The van der Waals surface area contributed by atoms with E-state index in [0.717, 1.165) is 12.0 Å². The molecule has 2 atom stereocenters. The maximum Gasteiger partial charge on any atom is 0.128 e. The summed E-state index contributed by atoms with van der Waals surface area (Å²) in [6.07, 6.45) is 17.8. The lowest BCUT2D eigenvalue weighted by Crippen LogP contribution is -2.68. The van der Waals surface area contributed by atoms with Gasteiger partial charge in [0.15, 0.2) is 0 Å². The van der Waals surface area contributed by atoms with Gasteiger partial charge in [0.1, 0.15) is 6.17 Å². The van der Waals surface area contributed by atoms with Gasteiger partial charge in [0.25, 0.3) is 0 Å². The van der Waals surface area contributed by atoms with Crippen molar-refractivity contribution in [3.05, 3.63) is 84.2 Å². The number of nitrogens with one attached hydrogen (secondary N) is 3. The Morgan fingerprint density at radius 1 is 1.40 bits per heavy atom. The third kappa shape index (κ3) is 4.92. The molecular formula is C21H30N4. The summed E-state index contributed by atoms with van der Waals surface area (Å²) < 4.78 is 0. The second-order valence-corrected chi connectivity index (χ2v) is 6.81. The molecule has 3 N–H and O–H groups in total. The van der Waals surface area contributed by atoms with Crippen molar-refractivity contribution in [2.45, 2.75) is 38.9 Å². The highest BCUT2D eigenvalue weighted by molar-refractivity contribution is 5.44. The first-order valence-electron chi connectivity index (χ1n) is 8.60. The minimum Gasteiger partial charge on any atom is -0.307 e. The average molecular weight is 338 g/mol. The molecule has 0 aromatic carbocycles. The highest BCUT2D eigenvalue weighted by Crippen LogP contribution is 2.26. The Hall–Kier alpha value is -2.14. The van der Waals surface area contributed by atoms with Crippen LogP contribution in [0.4, 0.5) is 0 Å². The van der Waals surface area contributed by atoms with Gasteiger partial charge in [0.2, 0.25) is 0 Å². The Bertz CT molecular complexity index is 674. The van der Waals surface area contributed by atoms with Crippen LogP contribution in [0.1, 0.15) is 27.2 Å². The van der Waals surface area contributed by atoms with Gasteiger partial charge in [-0.25, -0.2) is 5.43 Å². The van der Waals surface area contributed by atoms with Crippen LogP contribution in [-0.2, 0) is 0 Å².